The van der Waals surface area contributed by atoms with Crippen molar-refractivity contribution >= 4 is 15.9 Å². The SMILES string of the molecule is CN(C)S(=O)(=O)c1cccc(C(=O)NCc2ccc(OCC3CCCO3)cc2)c1. The molecule has 1 N–H and O–H groups in total. The van der Waals surface area contributed by atoms with Crippen molar-refractivity contribution in [3.05, 3.63) is 59.7 Å². The summed E-state index contributed by atoms with van der Waals surface area (Å²) in [5, 5.41) is 2.81. The van der Waals surface area contributed by atoms with E-state index >= 15 is 0 Å². The van der Waals surface area contributed by atoms with E-state index in [2.05, 4.69) is 5.32 Å². The van der Waals surface area contributed by atoms with Crippen LogP contribution in [0, 0.1) is 0 Å². The molecule has 2 aromatic carbocycles. The highest BCUT2D eigenvalue weighted by molar-refractivity contribution is 7.89. The third-order valence-corrected chi connectivity index (χ3v) is 6.52. The van der Waals surface area contributed by atoms with Crippen molar-refractivity contribution in [2.24, 2.45) is 0 Å². The van der Waals surface area contributed by atoms with E-state index in [1.54, 1.807) is 12.1 Å². The van der Waals surface area contributed by atoms with Crippen molar-refractivity contribution in [1.82, 2.24) is 9.62 Å². The molecule has 1 aliphatic heterocycles. The Bertz CT molecular complexity index is 936. The van der Waals surface area contributed by atoms with Crippen LogP contribution in [0.4, 0.5) is 0 Å². The molecule has 1 aliphatic rings. The van der Waals surface area contributed by atoms with Gasteiger partial charge < -0.3 is 14.8 Å². The van der Waals surface area contributed by atoms with Gasteiger partial charge in [0.05, 0.1) is 11.0 Å². The van der Waals surface area contributed by atoms with Gasteiger partial charge in [-0.3, -0.25) is 4.79 Å². The highest BCUT2D eigenvalue weighted by Gasteiger charge is 2.19. The van der Waals surface area contributed by atoms with Crippen LogP contribution in [0.5, 0.6) is 5.75 Å². The largest absolute Gasteiger partial charge is 0.491 e. The molecule has 29 heavy (non-hydrogen) atoms. The van der Waals surface area contributed by atoms with Crippen LogP contribution in [-0.4, -0.2) is 52.0 Å². The number of nitrogens with zero attached hydrogens (tertiary/aromatic N) is 1. The highest BCUT2D eigenvalue weighted by atomic mass is 32.2. The molecule has 3 rings (SSSR count). The van der Waals surface area contributed by atoms with E-state index in [0.717, 1.165) is 35.1 Å². The second-order valence-corrected chi connectivity index (χ2v) is 9.24. The fourth-order valence-corrected chi connectivity index (χ4v) is 3.91. The molecule has 0 aromatic heterocycles. The summed E-state index contributed by atoms with van der Waals surface area (Å²) in [7, 11) is -0.677. The van der Waals surface area contributed by atoms with Crippen molar-refractivity contribution in [1.29, 1.82) is 0 Å². The van der Waals surface area contributed by atoms with Crippen molar-refractivity contribution in [2.45, 2.75) is 30.4 Å². The number of carbonyl (C=O) groups excluding carboxylic acids is 1. The minimum Gasteiger partial charge on any atom is -0.491 e. The number of sulfonamides is 1. The monoisotopic (exact) mass is 418 g/mol. The van der Waals surface area contributed by atoms with Gasteiger partial charge in [-0.05, 0) is 48.7 Å². The van der Waals surface area contributed by atoms with Crippen LogP contribution in [0.1, 0.15) is 28.8 Å². The maximum atomic E-state index is 12.4. The van der Waals surface area contributed by atoms with Gasteiger partial charge in [0.25, 0.3) is 5.91 Å². The summed E-state index contributed by atoms with van der Waals surface area (Å²) in [6.45, 7) is 1.68. The normalized spacial score (nSPS) is 16.7. The van der Waals surface area contributed by atoms with Gasteiger partial charge in [0.1, 0.15) is 12.4 Å². The first-order valence-electron chi connectivity index (χ1n) is 9.50. The maximum absolute atomic E-state index is 12.4. The number of benzene rings is 2. The van der Waals surface area contributed by atoms with Crippen LogP contribution in [-0.2, 0) is 21.3 Å². The van der Waals surface area contributed by atoms with E-state index in [9.17, 15) is 13.2 Å². The number of hydrogen-bond acceptors (Lipinski definition) is 5. The molecule has 0 bridgehead atoms. The van der Waals surface area contributed by atoms with Gasteiger partial charge in [-0.1, -0.05) is 18.2 Å². The Kier molecular flexibility index (Phi) is 6.89. The quantitative estimate of drug-likeness (QED) is 0.712. The molecule has 2 aromatic rings. The summed E-state index contributed by atoms with van der Waals surface area (Å²) >= 11 is 0. The Hall–Kier alpha value is -2.42. The molecule has 8 heteroatoms. The van der Waals surface area contributed by atoms with E-state index in [4.69, 9.17) is 9.47 Å². The van der Waals surface area contributed by atoms with E-state index in [1.807, 2.05) is 24.3 Å². The Balaban J connectivity index is 1.55. The second kappa shape index (κ2) is 9.39. The zero-order valence-electron chi connectivity index (χ0n) is 16.6. The van der Waals surface area contributed by atoms with E-state index in [1.165, 1.54) is 26.2 Å². The summed E-state index contributed by atoms with van der Waals surface area (Å²) < 4.78 is 36.8. The van der Waals surface area contributed by atoms with Gasteiger partial charge in [-0.2, -0.15) is 0 Å². The van der Waals surface area contributed by atoms with Crippen molar-refractivity contribution in [3.8, 4) is 5.75 Å². The first-order valence-corrected chi connectivity index (χ1v) is 10.9. The number of amides is 1. The molecule has 156 valence electrons. The fraction of sp³-hybridized carbons (Fsp3) is 0.381. The minimum atomic E-state index is -3.59. The van der Waals surface area contributed by atoms with Crippen molar-refractivity contribution in [2.75, 3.05) is 27.3 Å². The van der Waals surface area contributed by atoms with Gasteiger partial charge in [0, 0.05) is 32.8 Å². The maximum Gasteiger partial charge on any atom is 0.251 e. The van der Waals surface area contributed by atoms with Crippen LogP contribution in [0.2, 0.25) is 0 Å². The summed E-state index contributed by atoms with van der Waals surface area (Å²) in [5.41, 5.74) is 1.21. The predicted octanol–water partition coefficient (Wildman–Crippen LogP) is 2.42. The molecule has 0 aliphatic carbocycles. The van der Waals surface area contributed by atoms with Gasteiger partial charge >= 0.3 is 0 Å². The number of ether oxygens (including phenoxy) is 2. The topological polar surface area (TPSA) is 84.9 Å². The first-order chi connectivity index (χ1) is 13.9. The lowest BCUT2D eigenvalue weighted by atomic mass is 10.2. The van der Waals surface area contributed by atoms with E-state index in [0.29, 0.717) is 18.7 Å². The molecule has 7 nitrogen and oxygen atoms in total. The zero-order valence-corrected chi connectivity index (χ0v) is 17.4. The molecule has 1 heterocycles. The van der Waals surface area contributed by atoms with Crippen LogP contribution in [0.3, 0.4) is 0 Å². The molecule has 1 fully saturated rings. The highest BCUT2D eigenvalue weighted by Crippen LogP contribution is 2.17. The Morgan fingerprint density at radius 1 is 1.21 bits per heavy atom. The molecule has 0 spiro atoms. The van der Waals surface area contributed by atoms with Crippen LogP contribution in [0.15, 0.2) is 53.4 Å². The van der Waals surface area contributed by atoms with Crippen molar-refractivity contribution < 1.29 is 22.7 Å². The number of rotatable bonds is 8. The Labute approximate surface area is 171 Å². The number of nitrogens with one attached hydrogen (secondary N) is 1. The average molecular weight is 419 g/mol. The van der Waals surface area contributed by atoms with Gasteiger partial charge in [0.2, 0.25) is 10.0 Å². The smallest absolute Gasteiger partial charge is 0.251 e. The number of hydrogen-bond donors (Lipinski definition) is 1. The molecule has 1 amide bonds. The molecule has 1 saturated heterocycles. The molecule has 1 unspecified atom stereocenters. The standard InChI is InChI=1S/C21H26N2O5S/c1-23(2)29(25,26)20-7-3-5-17(13-20)21(24)22-14-16-8-10-18(11-9-16)28-15-19-6-4-12-27-19/h3,5,7-11,13,19H,4,6,12,14-15H2,1-2H3,(H,22,24). The summed E-state index contributed by atoms with van der Waals surface area (Å²) in [6.07, 6.45) is 2.28. The van der Waals surface area contributed by atoms with E-state index < -0.39 is 10.0 Å². The summed E-state index contributed by atoms with van der Waals surface area (Å²) in [4.78, 5) is 12.5. The van der Waals surface area contributed by atoms with Gasteiger partial charge in [-0.25, -0.2) is 12.7 Å². The lowest BCUT2D eigenvalue weighted by molar-refractivity contribution is 0.0679. The van der Waals surface area contributed by atoms with E-state index in [-0.39, 0.29) is 16.9 Å². The predicted molar refractivity (Wildman–Crippen MR) is 109 cm³/mol. The molecule has 0 radical (unpaired) electrons. The van der Waals surface area contributed by atoms with Gasteiger partial charge in [0.15, 0.2) is 0 Å². The second-order valence-electron chi connectivity index (χ2n) is 7.09. The van der Waals surface area contributed by atoms with Crippen molar-refractivity contribution in [3.63, 3.8) is 0 Å². The Morgan fingerprint density at radius 2 is 1.97 bits per heavy atom. The summed E-state index contributed by atoms with van der Waals surface area (Å²) in [5.74, 6) is 0.427. The van der Waals surface area contributed by atoms with Crippen LogP contribution >= 0.6 is 0 Å². The Morgan fingerprint density at radius 3 is 2.62 bits per heavy atom. The lowest BCUT2D eigenvalue weighted by Gasteiger charge is -2.13. The van der Waals surface area contributed by atoms with Crippen LogP contribution < -0.4 is 10.1 Å². The average Bonchev–Trinajstić information content (AvgIpc) is 3.25. The third-order valence-electron chi connectivity index (χ3n) is 4.71. The van der Waals surface area contributed by atoms with Gasteiger partial charge in [-0.15, -0.1) is 0 Å². The minimum absolute atomic E-state index is 0.0860. The fourth-order valence-electron chi connectivity index (χ4n) is 2.96. The summed E-state index contributed by atoms with van der Waals surface area (Å²) in [6, 6.07) is 13.5. The zero-order chi connectivity index (χ0) is 20.9. The molecule has 1 atom stereocenters. The molecular formula is C21H26N2O5S. The lowest BCUT2D eigenvalue weighted by Crippen LogP contribution is -2.25. The molecule has 0 saturated carbocycles. The molecular weight excluding hydrogens is 392 g/mol. The number of carbonyl (C=O) groups is 1. The van der Waals surface area contributed by atoms with Crippen LogP contribution in [0.25, 0.3) is 0 Å². The first kappa shape index (κ1) is 21.3. The third kappa shape index (κ3) is 5.56.